The van der Waals surface area contributed by atoms with Crippen LogP contribution in [0.25, 0.3) is 0 Å². The molecule has 90 valence electrons. The van der Waals surface area contributed by atoms with Gasteiger partial charge in [0.1, 0.15) is 5.82 Å². The van der Waals surface area contributed by atoms with Crippen molar-refractivity contribution in [3.05, 3.63) is 29.1 Å². The number of aliphatic hydroxyl groups excluding tert-OH is 1. The second kappa shape index (κ2) is 4.67. The first-order valence-corrected chi connectivity index (χ1v) is 5.90. The van der Waals surface area contributed by atoms with Crippen molar-refractivity contribution in [2.45, 2.75) is 24.2 Å². The van der Waals surface area contributed by atoms with Crippen LogP contribution in [0.5, 0.6) is 0 Å². The third-order valence-corrected chi connectivity index (χ3v) is 3.23. The van der Waals surface area contributed by atoms with E-state index in [1.54, 1.807) is 0 Å². The molecule has 1 N–H and O–H groups in total. The van der Waals surface area contributed by atoms with E-state index >= 15 is 0 Å². The Bertz CT molecular complexity index is 405. The molecule has 1 nitrogen and oxygen atoms in total. The molecular formula is C11H13F3OS. The molecule has 1 aromatic rings. The van der Waals surface area contributed by atoms with Crippen molar-refractivity contribution in [3.63, 3.8) is 0 Å². The van der Waals surface area contributed by atoms with Gasteiger partial charge in [-0.3, -0.25) is 0 Å². The standard InChI is InChI=1S/C11H13F3OS/c1-11(2,5-15)6-4-7(12)10(16-3)9(14)8(6)13/h4,15H,5H2,1-3H3. The molecule has 0 aliphatic heterocycles. The van der Waals surface area contributed by atoms with Crippen molar-refractivity contribution in [3.8, 4) is 0 Å². The van der Waals surface area contributed by atoms with Gasteiger partial charge in [0.2, 0.25) is 0 Å². The molecule has 1 rings (SSSR count). The van der Waals surface area contributed by atoms with E-state index in [-0.39, 0.29) is 17.1 Å². The van der Waals surface area contributed by atoms with Crippen molar-refractivity contribution in [2.24, 2.45) is 0 Å². The number of halogens is 3. The number of benzene rings is 1. The van der Waals surface area contributed by atoms with Gasteiger partial charge < -0.3 is 5.11 Å². The van der Waals surface area contributed by atoms with Gasteiger partial charge in [0.25, 0.3) is 0 Å². The van der Waals surface area contributed by atoms with Gasteiger partial charge in [0, 0.05) is 11.0 Å². The smallest absolute Gasteiger partial charge is 0.175 e. The van der Waals surface area contributed by atoms with Gasteiger partial charge in [0.05, 0.1) is 11.5 Å². The Kier molecular flexibility index (Phi) is 3.91. The zero-order chi connectivity index (χ0) is 12.5. The van der Waals surface area contributed by atoms with Crippen LogP contribution in [0.1, 0.15) is 19.4 Å². The van der Waals surface area contributed by atoms with Crippen LogP contribution in [0.15, 0.2) is 11.0 Å². The number of hydrogen-bond acceptors (Lipinski definition) is 2. The van der Waals surface area contributed by atoms with Crippen molar-refractivity contribution < 1.29 is 18.3 Å². The van der Waals surface area contributed by atoms with E-state index in [9.17, 15) is 13.2 Å². The number of hydrogen-bond donors (Lipinski definition) is 1. The van der Waals surface area contributed by atoms with Crippen LogP contribution in [0.3, 0.4) is 0 Å². The average Bonchev–Trinajstić information content (AvgIpc) is 2.24. The molecule has 0 amide bonds. The van der Waals surface area contributed by atoms with E-state index in [0.29, 0.717) is 0 Å². The lowest BCUT2D eigenvalue weighted by atomic mass is 9.85. The minimum absolute atomic E-state index is 0.150. The van der Waals surface area contributed by atoms with Gasteiger partial charge in [0.15, 0.2) is 11.6 Å². The molecule has 0 heterocycles. The summed E-state index contributed by atoms with van der Waals surface area (Å²) in [5.41, 5.74) is -1.16. The molecule has 16 heavy (non-hydrogen) atoms. The number of rotatable bonds is 3. The molecule has 0 saturated heterocycles. The molecule has 0 saturated carbocycles. The maximum atomic E-state index is 13.6. The third kappa shape index (κ3) is 2.20. The second-order valence-electron chi connectivity index (χ2n) is 4.11. The zero-order valence-electron chi connectivity index (χ0n) is 9.27. The van der Waals surface area contributed by atoms with Gasteiger partial charge in [-0.2, -0.15) is 0 Å². The predicted octanol–water partition coefficient (Wildman–Crippen LogP) is 3.10. The summed E-state index contributed by atoms with van der Waals surface area (Å²) in [7, 11) is 0. The summed E-state index contributed by atoms with van der Waals surface area (Å²) in [6.45, 7) is 2.65. The topological polar surface area (TPSA) is 20.2 Å². The van der Waals surface area contributed by atoms with Crippen molar-refractivity contribution >= 4 is 11.8 Å². The quantitative estimate of drug-likeness (QED) is 0.657. The third-order valence-electron chi connectivity index (χ3n) is 2.45. The highest BCUT2D eigenvalue weighted by Crippen LogP contribution is 2.33. The molecule has 0 fully saturated rings. The van der Waals surface area contributed by atoms with Gasteiger partial charge >= 0.3 is 0 Å². The highest BCUT2D eigenvalue weighted by Gasteiger charge is 2.28. The largest absolute Gasteiger partial charge is 0.395 e. The van der Waals surface area contributed by atoms with Crippen LogP contribution in [-0.4, -0.2) is 18.0 Å². The Labute approximate surface area is 96.7 Å². The molecule has 0 unspecified atom stereocenters. The number of aliphatic hydroxyl groups is 1. The fraction of sp³-hybridized carbons (Fsp3) is 0.455. The van der Waals surface area contributed by atoms with Crippen LogP contribution in [-0.2, 0) is 5.41 Å². The van der Waals surface area contributed by atoms with E-state index in [1.165, 1.54) is 20.1 Å². The normalized spacial score (nSPS) is 11.9. The molecular weight excluding hydrogens is 237 g/mol. The first kappa shape index (κ1) is 13.4. The van der Waals surface area contributed by atoms with Crippen molar-refractivity contribution in [1.82, 2.24) is 0 Å². The molecule has 0 aliphatic carbocycles. The average molecular weight is 250 g/mol. The predicted molar refractivity (Wildman–Crippen MR) is 58.2 cm³/mol. The minimum Gasteiger partial charge on any atom is -0.395 e. The summed E-state index contributed by atoms with van der Waals surface area (Å²) >= 11 is 0.811. The molecule has 0 bridgehead atoms. The van der Waals surface area contributed by atoms with Crippen LogP contribution < -0.4 is 0 Å². The fourth-order valence-corrected chi connectivity index (χ4v) is 1.87. The fourth-order valence-electron chi connectivity index (χ4n) is 1.34. The Balaban J connectivity index is 3.45. The van der Waals surface area contributed by atoms with E-state index in [1.807, 2.05) is 0 Å². The van der Waals surface area contributed by atoms with Crippen LogP contribution in [0, 0.1) is 17.5 Å². The SMILES string of the molecule is CSc1c(F)cc(C(C)(C)CO)c(F)c1F. The molecule has 5 heteroatoms. The Morgan fingerprint density at radius 2 is 1.81 bits per heavy atom. The Morgan fingerprint density at radius 3 is 2.25 bits per heavy atom. The van der Waals surface area contributed by atoms with E-state index in [0.717, 1.165) is 17.8 Å². The molecule has 0 radical (unpaired) electrons. The van der Waals surface area contributed by atoms with Gasteiger partial charge in [-0.15, -0.1) is 11.8 Å². The van der Waals surface area contributed by atoms with E-state index in [2.05, 4.69) is 0 Å². The monoisotopic (exact) mass is 250 g/mol. The van der Waals surface area contributed by atoms with Gasteiger partial charge in [-0.1, -0.05) is 13.8 Å². The minimum atomic E-state index is -1.19. The highest BCUT2D eigenvalue weighted by molar-refractivity contribution is 7.98. The first-order chi connectivity index (χ1) is 7.35. The van der Waals surface area contributed by atoms with Crippen molar-refractivity contribution in [1.29, 1.82) is 0 Å². The van der Waals surface area contributed by atoms with Gasteiger partial charge in [-0.25, -0.2) is 13.2 Å². The zero-order valence-corrected chi connectivity index (χ0v) is 10.1. The lowest BCUT2D eigenvalue weighted by Gasteiger charge is -2.23. The molecule has 0 aromatic heterocycles. The first-order valence-electron chi connectivity index (χ1n) is 4.68. The summed E-state index contributed by atoms with van der Waals surface area (Å²) in [4.78, 5) is -0.338. The summed E-state index contributed by atoms with van der Waals surface area (Å²) < 4.78 is 40.6. The van der Waals surface area contributed by atoms with E-state index < -0.39 is 22.9 Å². The van der Waals surface area contributed by atoms with Crippen LogP contribution in [0.2, 0.25) is 0 Å². The molecule has 0 spiro atoms. The maximum absolute atomic E-state index is 13.6. The molecule has 0 atom stereocenters. The summed E-state index contributed by atoms with van der Waals surface area (Å²) in [5, 5.41) is 9.06. The molecule has 0 aliphatic rings. The molecule has 1 aromatic carbocycles. The highest BCUT2D eigenvalue weighted by atomic mass is 32.2. The van der Waals surface area contributed by atoms with E-state index in [4.69, 9.17) is 5.11 Å². The van der Waals surface area contributed by atoms with Gasteiger partial charge in [-0.05, 0) is 12.3 Å². The second-order valence-corrected chi connectivity index (χ2v) is 4.93. The summed E-state index contributed by atoms with van der Waals surface area (Å²) in [6, 6.07) is 0.945. The summed E-state index contributed by atoms with van der Waals surface area (Å²) in [6.07, 6.45) is 1.47. The summed E-state index contributed by atoms with van der Waals surface area (Å²) in [5.74, 6) is -3.09. The maximum Gasteiger partial charge on any atom is 0.175 e. The lowest BCUT2D eigenvalue weighted by Crippen LogP contribution is -2.24. The van der Waals surface area contributed by atoms with Crippen molar-refractivity contribution in [2.75, 3.05) is 12.9 Å². The number of thioether (sulfide) groups is 1. The Hall–Kier alpha value is -0.680. The van der Waals surface area contributed by atoms with Crippen LogP contribution in [0.4, 0.5) is 13.2 Å². The van der Waals surface area contributed by atoms with Crippen LogP contribution >= 0.6 is 11.8 Å². The Morgan fingerprint density at radius 1 is 1.25 bits per heavy atom. The lowest BCUT2D eigenvalue weighted by molar-refractivity contribution is 0.213.